The van der Waals surface area contributed by atoms with E-state index < -0.39 is 15.8 Å². The van der Waals surface area contributed by atoms with Crippen molar-refractivity contribution in [2.75, 3.05) is 13.4 Å². The summed E-state index contributed by atoms with van der Waals surface area (Å²) in [5.41, 5.74) is 3.26. The van der Waals surface area contributed by atoms with Crippen LogP contribution in [0.1, 0.15) is 23.4 Å². The van der Waals surface area contributed by atoms with Gasteiger partial charge in [0.1, 0.15) is 36.3 Å². The zero-order valence-corrected chi connectivity index (χ0v) is 22.8. The number of sulfone groups is 1. The third-order valence-corrected chi connectivity index (χ3v) is 7.07. The molecule has 0 aliphatic heterocycles. The molecule has 9 nitrogen and oxygen atoms in total. The number of fused-ring (bicyclic) bond motifs is 1. The predicted molar refractivity (Wildman–Crippen MR) is 145 cm³/mol. The lowest BCUT2D eigenvalue weighted by Crippen LogP contribution is -2.05. The molecule has 4 aromatic rings. The number of carbonyl (C=O) groups is 1. The minimum Gasteiger partial charge on any atom is -0.497 e. The topological polar surface area (TPSA) is 117 Å². The molecule has 0 atom stereocenters. The molecule has 0 aliphatic carbocycles. The van der Waals surface area contributed by atoms with Crippen molar-refractivity contribution in [3.05, 3.63) is 77.6 Å². The van der Waals surface area contributed by atoms with Gasteiger partial charge in [0.2, 0.25) is 0 Å². The summed E-state index contributed by atoms with van der Waals surface area (Å²) in [7, 11) is 0.241. The second-order valence-corrected chi connectivity index (χ2v) is 10.6. The molecule has 0 unspecified atom stereocenters. The second kappa shape index (κ2) is 12.2. The van der Waals surface area contributed by atoms with E-state index >= 15 is 0 Å². The van der Waals surface area contributed by atoms with Crippen LogP contribution in [0.4, 0.5) is 0 Å². The number of ether oxygens (including phenoxy) is 3. The summed E-state index contributed by atoms with van der Waals surface area (Å²) in [6, 6.07) is 17.4. The number of carboxylic acids is 1. The monoisotopic (exact) mass is 560 g/mol. The van der Waals surface area contributed by atoms with Crippen LogP contribution in [0.5, 0.6) is 17.2 Å². The highest BCUT2D eigenvalue weighted by Crippen LogP contribution is 2.28. The third kappa shape index (κ3) is 6.96. The average molecular weight is 561 g/mol. The van der Waals surface area contributed by atoms with E-state index in [9.17, 15) is 13.2 Å². The summed E-state index contributed by atoms with van der Waals surface area (Å²) >= 11 is 0. The predicted octanol–water partition coefficient (Wildman–Crippen LogP) is 4.58. The van der Waals surface area contributed by atoms with E-state index in [2.05, 4.69) is 4.98 Å². The summed E-state index contributed by atoms with van der Waals surface area (Å²) in [6.45, 7) is 0.397. The van der Waals surface area contributed by atoms with Crippen LogP contribution >= 0.6 is 12.4 Å². The van der Waals surface area contributed by atoms with Crippen molar-refractivity contribution in [2.24, 2.45) is 7.05 Å². The smallest absolute Gasteiger partial charge is 0.303 e. The molecule has 1 heterocycles. The van der Waals surface area contributed by atoms with E-state index in [-0.39, 0.29) is 36.9 Å². The fourth-order valence-corrected chi connectivity index (χ4v) is 4.46. The summed E-state index contributed by atoms with van der Waals surface area (Å²) in [5.74, 6) is 1.62. The van der Waals surface area contributed by atoms with Crippen LogP contribution in [0, 0.1) is 0 Å². The number of halogens is 1. The number of hydrogen-bond acceptors (Lipinski definition) is 7. The first-order valence-corrected chi connectivity index (χ1v) is 13.4. The maximum absolute atomic E-state index is 11.7. The van der Waals surface area contributed by atoms with Crippen molar-refractivity contribution in [1.29, 1.82) is 0 Å². The minimum atomic E-state index is -3.29. The second-order valence-electron chi connectivity index (χ2n) is 8.60. The lowest BCUT2D eigenvalue weighted by atomic mass is 10.1. The Kier molecular flexibility index (Phi) is 9.24. The standard InChI is InChI=1S/C27H28N2O7S.ClH/c1-29-24-14-20(34-2)9-12-23(24)28-26(29)17-35-21-8-6-19(7-13-27(30)31)25(15-21)36-16-18-4-10-22(11-5-18)37(3,32)33;/h4-6,8-12,14-15H,7,13,16-17H2,1-3H3,(H,30,31);1H. The molecule has 0 spiro atoms. The summed E-state index contributed by atoms with van der Waals surface area (Å²) in [6.07, 6.45) is 1.41. The molecule has 0 radical (unpaired) electrons. The highest BCUT2D eigenvalue weighted by atomic mass is 35.5. The Morgan fingerprint density at radius 3 is 2.34 bits per heavy atom. The van der Waals surface area contributed by atoms with Gasteiger partial charge in [0.25, 0.3) is 0 Å². The van der Waals surface area contributed by atoms with Crippen LogP contribution < -0.4 is 14.2 Å². The Morgan fingerprint density at radius 1 is 0.974 bits per heavy atom. The van der Waals surface area contributed by atoms with Gasteiger partial charge in [-0.2, -0.15) is 0 Å². The number of methoxy groups -OCH3 is 1. The molecule has 0 bridgehead atoms. The molecule has 0 saturated heterocycles. The molecule has 0 aliphatic rings. The van der Waals surface area contributed by atoms with Crippen molar-refractivity contribution in [3.63, 3.8) is 0 Å². The molecule has 11 heteroatoms. The first-order valence-electron chi connectivity index (χ1n) is 11.5. The van der Waals surface area contributed by atoms with Crippen molar-refractivity contribution in [3.8, 4) is 17.2 Å². The minimum absolute atomic E-state index is 0. The zero-order chi connectivity index (χ0) is 26.6. The molecule has 202 valence electrons. The molecule has 0 saturated carbocycles. The van der Waals surface area contributed by atoms with Crippen molar-refractivity contribution in [1.82, 2.24) is 9.55 Å². The van der Waals surface area contributed by atoms with Crippen LogP contribution in [-0.2, 0) is 41.3 Å². The summed E-state index contributed by atoms with van der Waals surface area (Å²) in [4.78, 5) is 16.0. The fraction of sp³-hybridized carbons (Fsp3) is 0.259. The lowest BCUT2D eigenvalue weighted by Gasteiger charge is -2.14. The number of aromatic nitrogens is 2. The highest BCUT2D eigenvalue weighted by Gasteiger charge is 2.13. The first-order chi connectivity index (χ1) is 17.6. The van der Waals surface area contributed by atoms with E-state index in [1.54, 1.807) is 37.4 Å². The van der Waals surface area contributed by atoms with Gasteiger partial charge in [0.15, 0.2) is 9.84 Å². The Balaban J connectivity index is 0.00000400. The van der Waals surface area contributed by atoms with Gasteiger partial charge in [0.05, 0.1) is 23.0 Å². The number of benzene rings is 3. The van der Waals surface area contributed by atoms with Gasteiger partial charge < -0.3 is 23.9 Å². The molecule has 4 rings (SSSR count). The third-order valence-electron chi connectivity index (χ3n) is 5.94. The molecule has 38 heavy (non-hydrogen) atoms. The lowest BCUT2D eigenvalue weighted by molar-refractivity contribution is -0.136. The van der Waals surface area contributed by atoms with Gasteiger partial charge in [-0.05, 0) is 47.9 Å². The van der Waals surface area contributed by atoms with Gasteiger partial charge in [-0.25, -0.2) is 13.4 Å². The van der Waals surface area contributed by atoms with Crippen LogP contribution in [-0.4, -0.2) is 42.4 Å². The molecular formula is C27H29ClN2O7S. The fourth-order valence-electron chi connectivity index (χ4n) is 3.82. The van der Waals surface area contributed by atoms with Gasteiger partial charge in [0, 0.05) is 31.9 Å². The van der Waals surface area contributed by atoms with Crippen LogP contribution in [0.25, 0.3) is 11.0 Å². The quantitative estimate of drug-likeness (QED) is 0.283. The molecule has 3 aromatic carbocycles. The van der Waals surface area contributed by atoms with Crippen molar-refractivity contribution < 1.29 is 32.5 Å². The number of rotatable bonds is 11. The van der Waals surface area contributed by atoms with Crippen LogP contribution in [0.15, 0.2) is 65.6 Å². The van der Waals surface area contributed by atoms with Gasteiger partial charge in [-0.15, -0.1) is 12.4 Å². The Labute approximate surface area is 227 Å². The first kappa shape index (κ1) is 28.8. The van der Waals surface area contributed by atoms with E-state index in [1.165, 1.54) is 12.1 Å². The van der Waals surface area contributed by atoms with Gasteiger partial charge in [-0.1, -0.05) is 18.2 Å². The number of hydrogen-bond donors (Lipinski definition) is 1. The Morgan fingerprint density at radius 2 is 1.68 bits per heavy atom. The maximum Gasteiger partial charge on any atom is 0.303 e. The number of aliphatic carboxylic acids is 1. The average Bonchev–Trinajstić information content (AvgIpc) is 3.19. The number of carboxylic acid groups (broad SMARTS) is 1. The Hall–Kier alpha value is -3.76. The molecular weight excluding hydrogens is 532 g/mol. The highest BCUT2D eigenvalue weighted by molar-refractivity contribution is 7.90. The van der Waals surface area contributed by atoms with E-state index in [4.69, 9.17) is 19.3 Å². The van der Waals surface area contributed by atoms with E-state index in [1.807, 2.05) is 29.8 Å². The van der Waals surface area contributed by atoms with Crippen LogP contribution in [0.3, 0.4) is 0 Å². The van der Waals surface area contributed by atoms with Crippen molar-refractivity contribution >= 4 is 39.2 Å². The molecule has 1 N–H and O–H groups in total. The van der Waals surface area contributed by atoms with Crippen molar-refractivity contribution in [2.45, 2.75) is 31.0 Å². The largest absolute Gasteiger partial charge is 0.497 e. The maximum atomic E-state index is 11.7. The number of imidazole rings is 1. The molecule has 0 fully saturated rings. The zero-order valence-electron chi connectivity index (χ0n) is 21.2. The van der Waals surface area contributed by atoms with Crippen LogP contribution in [0.2, 0.25) is 0 Å². The van der Waals surface area contributed by atoms with E-state index in [0.29, 0.717) is 17.9 Å². The summed E-state index contributed by atoms with van der Waals surface area (Å²) < 4.78 is 42.6. The molecule has 0 amide bonds. The molecule has 1 aromatic heterocycles. The number of aryl methyl sites for hydroxylation is 2. The van der Waals surface area contributed by atoms with Gasteiger partial charge in [-0.3, -0.25) is 4.79 Å². The SMILES string of the molecule is COc1ccc2nc(COc3ccc(CCC(=O)O)c(OCc4ccc(S(C)(=O)=O)cc4)c3)n(C)c2c1.Cl. The Bertz CT molecular complexity index is 1530. The summed E-state index contributed by atoms with van der Waals surface area (Å²) in [5, 5.41) is 9.12. The van der Waals surface area contributed by atoms with Gasteiger partial charge >= 0.3 is 5.97 Å². The number of nitrogens with zero attached hydrogens (tertiary/aromatic N) is 2. The normalized spacial score (nSPS) is 11.1. The van der Waals surface area contributed by atoms with E-state index in [0.717, 1.165) is 40.0 Å².